The molecule has 0 aliphatic rings. The van der Waals surface area contributed by atoms with Gasteiger partial charge >= 0.3 is 12.4 Å². The number of rotatable bonds is 6. The fourth-order valence-corrected chi connectivity index (χ4v) is 3.19. The van der Waals surface area contributed by atoms with Crippen molar-refractivity contribution in [1.82, 2.24) is 34.9 Å². The number of amides is 2. The van der Waals surface area contributed by atoms with Gasteiger partial charge in [0.05, 0.1) is 29.6 Å². The van der Waals surface area contributed by atoms with Crippen LogP contribution in [0.1, 0.15) is 63.5 Å². The van der Waals surface area contributed by atoms with Crippen molar-refractivity contribution in [2.75, 3.05) is 13.6 Å². The van der Waals surface area contributed by atoms with Gasteiger partial charge in [-0.05, 0) is 39.0 Å². The number of nitrogens with zero attached hydrogens (tertiary/aromatic N) is 6. The van der Waals surface area contributed by atoms with Crippen molar-refractivity contribution in [3.63, 3.8) is 0 Å². The first-order valence-electron chi connectivity index (χ1n) is 10.7. The Balaban J connectivity index is 1.90. The number of alkyl halides is 6. The van der Waals surface area contributed by atoms with E-state index in [1.807, 2.05) is 0 Å². The quantitative estimate of drug-likeness (QED) is 0.485. The monoisotopic (exact) mass is 529 g/mol. The van der Waals surface area contributed by atoms with Gasteiger partial charge in [-0.3, -0.25) is 9.59 Å². The highest BCUT2D eigenvalue weighted by Gasteiger charge is 2.37. The van der Waals surface area contributed by atoms with Gasteiger partial charge < -0.3 is 10.2 Å². The van der Waals surface area contributed by atoms with E-state index in [1.165, 1.54) is 35.8 Å². The molecule has 1 aromatic carbocycles. The van der Waals surface area contributed by atoms with Crippen molar-refractivity contribution in [2.45, 2.75) is 39.2 Å². The number of benzene rings is 1. The average Bonchev–Trinajstić information content (AvgIpc) is 3.23. The third-order valence-electron chi connectivity index (χ3n) is 5.22. The smallest absolute Gasteiger partial charge is 0.342 e. The predicted octanol–water partition coefficient (Wildman–Crippen LogP) is 3.99. The lowest BCUT2D eigenvalue weighted by Crippen LogP contribution is -2.29. The highest BCUT2D eigenvalue weighted by molar-refractivity contribution is 5.95. The summed E-state index contributed by atoms with van der Waals surface area (Å²) in [5, 5.41) is 6.50. The first-order chi connectivity index (χ1) is 17.1. The molecule has 3 aromatic rings. The van der Waals surface area contributed by atoms with Crippen molar-refractivity contribution in [1.29, 1.82) is 0 Å². The first-order valence-corrected chi connectivity index (χ1v) is 10.7. The molecule has 1 N–H and O–H groups in total. The Kier molecular flexibility index (Phi) is 7.55. The van der Waals surface area contributed by atoms with Gasteiger partial charge in [-0.25, -0.2) is 15.0 Å². The summed E-state index contributed by atoms with van der Waals surface area (Å²) in [6, 6.07) is -0.415. The number of aromatic nitrogens is 5. The van der Waals surface area contributed by atoms with Gasteiger partial charge in [-0.1, -0.05) is 0 Å². The Morgan fingerprint density at radius 3 is 2.11 bits per heavy atom. The zero-order chi connectivity index (χ0) is 27.7. The second-order valence-electron chi connectivity index (χ2n) is 8.00. The third kappa shape index (κ3) is 6.21. The Labute approximate surface area is 206 Å². The Hall–Kier alpha value is -4.04. The molecule has 0 radical (unpaired) electrons. The molecular formula is C22H21F6N7O2. The molecule has 2 heterocycles. The summed E-state index contributed by atoms with van der Waals surface area (Å²) >= 11 is 0. The third-order valence-corrected chi connectivity index (χ3v) is 5.22. The van der Waals surface area contributed by atoms with Crippen LogP contribution in [0.25, 0.3) is 5.82 Å². The van der Waals surface area contributed by atoms with Gasteiger partial charge in [0.2, 0.25) is 0 Å². The molecular weight excluding hydrogens is 508 g/mol. The van der Waals surface area contributed by atoms with E-state index in [4.69, 9.17) is 0 Å². The van der Waals surface area contributed by atoms with E-state index in [2.05, 4.69) is 25.4 Å². The van der Waals surface area contributed by atoms with Gasteiger partial charge in [0, 0.05) is 19.2 Å². The minimum absolute atomic E-state index is 0.0639. The van der Waals surface area contributed by atoms with Gasteiger partial charge in [0.1, 0.15) is 11.5 Å². The summed E-state index contributed by atoms with van der Waals surface area (Å²) in [6.07, 6.45) is -7.74. The second kappa shape index (κ2) is 10.1. The first kappa shape index (κ1) is 27.5. The topological polar surface area (TPSA) is 106 Å². The van der Waals surface area contributed by atoms with Gasteiger partial charge in [-0.15, -0.1) is 5.10 Å². The van der Waals surface area contributed by atoms with Crippen LogP contribution in [0.3, 0.4) is 0 Å². The number of aryl methyl sites for hydroxylation is 1. The van der Waals surface area contributed by atoms with E-state index in [0.29, 0.717) is 18.7 Å². The SMILES string of the molecule is CCN(C)C(=O)c1cnc(-n2nc(C)nc2[C@H](C)NC(=O)c2cc(C(F)(F)F)cc(C(F)(F)F)c2)cn1. The molecule has 9 nitrogen and oxygen atoms in total. The number of halogens is 6. The Morgan fingerprint density at radius 2 is 1.62 bits per heavy atom. The average molecular weight is 529 g/mol. The maximum atomic E-state index is 13.2. The van der Waals surface area contributed by atoms with Gasteiger partial charge in [0.25, 0.3) is 11.8 Å². The van der Waals surface area contributed by atoms with Crippen LogP contribution in [0.5, 0.6) is 0 Å². The summed E-state index contributed by atoms with van der Waals surface area (Å²) in [7, 11) is 1.59. The van der Waals surface area contributed by atoms with Gasteiger partial charge in [0.15, 0.2) is 11.6 Å². The van der Waals surface area contributed by atoms with E-state index in [9.17, 15) is 35.9 Å². The van der Waals surface area contributed by atoms with E-state index < -0.39 is 41.0 Å². The number of carbonyl (C=O) groups excluding carboxylic acids is 2. The standard InChI is InChI=1S/C22H21F6N7O2/c1-5-34(4)20(37)16-9-30-17(10-29-16)35-18(32-12(3)33-35)11(2)31-19(36)13-6-14(21(23,24)25)8-15(7-13)22(26,27)28/h6-11H,5H2,1-4H3,(H,31,36)/t11-/m0/s1. The zero-order valence-electron chi connectivity index (χ0n) is 19.9. The summed E-state index contributed by atoms with van der Waals surface area (Å²) in [4.78, 5) is 38.7. The maximum Gasteiger partial charge on any atom is 0.416 e. The molecule has 1 atom stereocenters. The molecule has 37 heavy (non-hydrogen) atoms. The molecule has 0 saturated carbocycles. The normalized spacial score (nSPS) is 12.8. The summed E-state index contributed by atoms with van der Waals surface area (Å²) in [5.74, 6) is -1.12. The van der Waals surface area contributed by atoms with E-state index in [0.717, 1.165) is 0 Å². The Bertz CT molecular complexity index is 1270. The zero-order valence-corrected chi connectivity index (χ0v) is 19.9. The van der Waals surface area contributed by atoms with Crippen molar-refractivity contribution in [3.05, 3.63) is 64.6 Å². The van der Waals surface area contributed by atoms with Crippen LogP contribution in [0.15, 0.2) is 30.6 Å². The molecule has 3 rings (SSSR count). The molecule has 0 aliphatic heterocycles. The molecule has 2 amide bonds. The van der Waals surface area contributed by atoms with E-state index in [-0.39, 0.29) is 35.1 Å². The number of nitrogens with one attached hydrogen (secondary N) is 1. The number of hydrogen-bond donors (Lipinski definition) is 1. The summed E-state index contributed by atoms with van der Waals surface area (Å²) < 4.78 is 80.1. The molecule has 0 bridgehead atoms. The van der Waals surface area contributed by atoms with Crippen molar-refractivity contribution >= 4 is 11.8 Å². The molecule has 2 aromatic heterocycles. The molecule has 15 heteroatoms. The van der Waals surface area contributed by atoms with Crippen LogP contribution in [0, 0.1) is 6.92 Å². The maximum absolute atomic E-state index is 13.2. The van der Waals surface area contributed by atoms with Crippen molar-refractivity contribution in [2.24, 2.45) is 0 Å². The molecule has 0 spiro atoms. The number of hydrogen-bond acceptors (Lipinski definition) is 6. The van der Waals surface area contributed by atoms with Crippen LogP contribution in [-0.4, -0.2) is 55.0 Å². The highest BCUT2D eigenvalue weighted by Crippen LogP contribution is 2.36. The summed E-state index contributed by atoms with van der Waals surface area (Å²) in [5.41, 5.74) is -3.99. The minimum Gasteiger partial charge on any atom is -0.342 e. The fraction of sp³-hybridized carbons (Fsp3) is 0.364. The van der Waals surface area contributed by atoms with Crippen molar-refractivity contribution in [3.8, 4) is 5.82 Å². The van der Waals surface area contributed by atoms with Crippen LogP contribution < -0.4 is 5.32 Å². The van der Waals surface area contributed by atoms with Crippen LogP contribution >= 0.6 is 0 Å². The number of carbonyl (C=O) groups is 2. The lowest BCUT2D eigenvalue weighted by molar-refractivity contribution is -0.143. The molecule has 0 saturated heterocycles. The lowest BCUT2D eigenvalue weighted by Gasteiger charge is -2.17. The highest BCUT2D eigenvalue weighted by atomic mass is 19.4. The fourth-order valence-electron chi connectivity index (χ4n) is 3.19. The predicted molar refractivity (Wildman–Crippen MR) is 117 cm³/mol. The molecule has 0 unspecified atom stereocenters. The van der Waals surface area contributed by atoms with Crippen LogP contribution in [0.4, 0.5) is 26.3 Å². The van der Waals surface area contributed by atoms with Crippen LogP contribution in [0.2, 0.25) is 0 Å². The van der Waals surface area contributed by atoms with E-state index in [1.54, 1.807) is 14.0 Å². The minimum atomic E-state index is -5.10. The lowest BCUT2D eigenvalue weighted by atomic mass is 10.0. The largest absolute Gasteiger partial charge is 0.416 e. The van der Waals surface area contributed by atoms with E-state index >= 15 is 0 Å². The molecule has 0 aliphatic carbocycles. The second-order valence-corrected chi connectivity index (χ2v) is 8.00. The van der Waals surface area contributed by atoms with Crippen molar-refractivity contribution < 1.29 is 35.9 Å². The van der Waals surface area contributed by atoms with Gasteiger partial charge in [-0.2, -0.15) is 31.0 Å². The molecule has 198 valence electrons. The molecule has 0 fully saturated rings. The Morgan fingerprint density at radius 1 is 1.03 bits per heavy atom. The van der Waals surface area contributed by atoms with Crippen LogP contribution in [-0.2, 0) is 12.4 Å². The summed E-state index contributed by atoms with van der Waals surface area (Å²) in [6.45, 7) is 5.17.